The molecule has 1 saturated heterocycles. The Hall–Kier alpha value is -2.76. The SMILES string of the molecule is C[C@@H]1CC[C@@H](C(N)=O)CN1C(=O)c1ccc(COc2ccccc2)o1. The van der Waals surface area contributed by atoms with Crippen LogP contribution in [0.3, 0.4) is 0 Å². The van der Waals surface area contributed by atoms with Crippen molar-refractivity contribution in [3.05, 3.63) is 54.0 Å². The number of benzene rings is 1. The van der Waals surface area contributed by atoms with Crippen LogP contribution >= 0.6 is 0 Å². The quantitative estimate of drug-likeness (QED) is 0.905. The van der Waals surface area contributed by atoms with Gasteiger partial charge in [0.15, 0.2) is 5.76 Å². The Morgan fingerprint density at radius 3 is 2.68 bits per heavy atom. The predicted octanol–water partition coefficient (Wildman–Crippen LogP) is 2.58. The number of carbonyl (C=O) groups is 2. The summed E-state index contributed by atoms with van der Waals surface area (Å²) in [6.07, 6.45) is 1.47. The number of primary amides is 1. The first-order chi connectivity index (χ1) is 12.0. The molecule has 1 aliphatic heterocycles. The second-order valence-corrected chi connectivity index (χ2v) is 6.35. The van der Waals surface area contributed by atoms with Gasteiger partial charge in [-0.2, -0.15) is 0 Å². The predicted molar refractivity (Wildman–Crippen MR) is 91.9 cm³/mol. The second kappa shape index (κ2) is 7.42. The Balaban J connectivity index is 1.64. The van der Waals surface area contributed by atoms with E-state index in [4.69, 9.17) is 14.9 Å². The maximum absolute atomic E-state index is 12.7. The largest absolute Gasteiger partial charge is 0.486 e. The Morgan fingerprint density at radius 1 is 1.20 bits per heavy atom. The maximum Gasteiger partial charge on any atom is 0.289 e. The number of rotatable bonds is 5. The average Bonchev–Trinajstić information content (AvgIpc) is 3.09. The fourth-order valence-electron chi connectivity index (χ4n) is 3.01. The molecule has 25 heavy (non-hydrogen) atoms. The summed E-state index contributed by atoms with van der Waals surface area (Å²) in [5.41, 5.74) is 5.40. The van der Waals surface area contributed by atoms with Gasteiger partial charge in [0, 0.05) is 12.6 Å². The Bertz CT molecular complexity index is 741. The van der Waals surface area contributed by atoms with Crippen LogP contribution in [0.1, 0.15) is 36.1 Å². The maximum atomic E-state index is 12.7. The summed E-state index contributed by atoms with van der Waals surface area (Å²) in [6, 6.07) is 12.8. The zero-order chi connectivity index (χ0) is 17.8. The molecule has 6 heteroatoms. The standard InChI is InChI=1S/C19H22N2O4/c1-13-7-8-14(18(20)22)11-21(13)19(23)17-10-9-16(25-17)12-24-15-5-3-2-4-6-15/h2-6,9-10,13-14H,7-8,11-12H2,1H3,(H2,20,22)/t13-,14-/m1/s1. The molecule has 132 valence electrons. The smallest absolute Gasteiger partial charge is 0.289 e. The molecule has 2 amide bonds. The molecule has 2 N–H and O–H groups in total. The topological polar surface area (TPSA) is 85.8 Å². The first-order valence-corrected chi connectivity index (χ1v) is 8.41. The van der Waals surface area contributed by atoms with Crippen molar-refractivity contribution in [2.24, 2.45) is 11.7 Å². The van der Waals surface area contributed by atoms with Crippen LogP contribution in [0.15, 0.2) is 46.9 Å². The summed E-state index contributed by atoms with van der Waals surface area (Å²) in [5, 5.41) is 0. The average molecular weight is 342 g/mol. The lowest BCUT2D eigenvalue weighted by atomic mass is 9.93. The molecule has 0 bridgehead atoms. The number of amides is 2. The highest BCUT2D eigenvalue weighted by atomic mass is 16.5. The molecular weight excluding hydrogens is 320 g/mol. The lowest BCUT2D eigenvalue weighted by molar-refractivity contribution is -0.123. The van der Waals surface area contributed by atoms with E-state index in [-0.39, 0.29) is 36.1 Å². The third-order valence-electron chi connectivity index (χ3n) is 4.54. The second-order valence-electron chi connectivity index (χ2n) is 6.35. The number of likely N-dealkylation sites (tertiary alicyclic amines) is 1. The number of piperidine rings is 1. The number of ether oxygens (including phenoxy) is 1. The summed E-state index contributed by atoms with van der Waals surface area (Å²) in [6.45, 7) is 2.56. The molecule has 6 nitrogen and oxygen atoms in total. The van der Waals surface area contributed by atoms with Gasteiger partial charge in [0.05, 0.1) is 5.92 Å². The molecule has 0 spiro atoms. The van der Waals surface area contributed by atoms with E-state index in [2.05, 4.69) is 0 Å². The van der Waals surface area contributed by atoms with Crippen LogP contribution in [0.25, 0.3) is 0 Å². The van der Waals surface area contributed by atoms with Gasteiger partial charge in [-0.05, 0) is 44.0 Å². The van der Waals surface area contributed by atoms with E-state index < -0.39 is 0 Å². The zero-order valence-corrected chi connectivity index (χ0v) is 14.2. The van der Waals surface area contributed by atoms with Crippen LogP contribution in [0, 0.1) is 5.92 Å². The van der Waals surface area contributed by atoms with Gasteiger partial charge in [-0.15, -0.1) is 0 Å². The summed E-state index contributed by atoms with van der Waals surface area (Å²) in [7, 11) is 0. The normalized spacial score (nSPS) is 20.3. The molecule has 1 aliphatic rings. The van der Waals surface area contributed by atoms with Gasteiger partial charge < -0.3 is 19.8 Å². The van der Waals surface area contributed by atoms with Crippen LogP contribution < -0.4 is 10.5 Å². The third kappa shape index (κ3) is 4.02. The van der Waals surface area contributed by atoms with Gasteiger partial charge >= 0.3 is 0 Å². The molecule has 0 unspecified atom stereocenters. The summed E-state index contributed by atoms with van der Waals surface area (Å²) in [5.74, 6) is 0.689. The molecule has 2 atom stereocenters. The fourth-order valence-corrected chi connectivity index (χ4v) is 3.01. The lowest BCUT2D eigenvalue weighted by Gasteiger charge is -2.36. The highest BCUT2D eigenvalue weighted by Gasteiger charge is 2.33. The molecule has 2 aromatic rings. The van der Waals surface area contributed by atoms with Crippen molar-refractivity contribution in [1.82, 2.24) is 4.90 Å². The summed E-state index contributed by atoms with van der Waals surface area (Å²) >= 11 is 0. The Morgan fingerprint density at radius 2 is 1.96 bits per heavy atom. The van der Waals surface area contributed by atoms with Crippen molar-refractivity contribution in [3.8, 4) is 5.75 Å². The van der Waals surface area contributed by atoms with E-state index in [9.17, 15) is 9.59 Å². The van der Waals surface area contributed by atoms with Crippen molar-refractivity contribution >= 4 is 11.8 Å². The van der Waals surface area contributed by atoms with Crippen molar-refractivity contribution < 1.29 is 18.7 Å². The minimum Gasteiger partial charge on any atom is -0.486 e. The molecule has 1 fully saturated rings. The number of nitrogens with zero attached hydrogens (tertiary/aromatic N) is 1. The van der Waals surface area contributed by atoms with Gasteiger partial charge in [0.2, 0.25) is 5.91 Å². The molecular formula is C19H22N2O4. The first-order valence-electron chi connectivity index (χ1n) is 8.41. The van der Waals surface area contributed by atoms with Crippen molar-refractivity contribution in [2.75, 3.05) is 6.54 Å². The van der Waals surface area contributed by atoms with E-state index in [0.717, 1.165) is 12.2 Å². The van der Waals surface area contributed by atoms with Gasteiger partial charge in [0.1, 0.15) is 18.1 Å². The Kier molecular flexibility index (Phi) is 5.07. The van der Waals surface area contributed by atoms with Crippen LogP contribution in [0.2, 0.25) is 0 Å². The number of carbonyl (C=O) groups excluding carboxylic acids is 2. The van der Waals surface area contributed by atoms with Crippen LogP contribution in [-0.2, 0) is 11.4 Å². The van der Waals surface area contributed by atoms with Gasteiger partial charge in [-0.3, -0.25) is 9.59 Å². The first kappa shape index (κ1) is 17.1. The van der Waals surface area contributed by atoms with Crippen LogP contribution in [0.4, 0.5) is 0 Å². The van der Waals surface area contributed by atoms with E-state index in [1.54, 1.807) is 17.0 Å². The lowest BCUT2D eigenvalue weighted by Crippen LogP contribution is -2.48. The van der Waals surface area contributed by atoms with E-state index >= 15 is 0 Å². The zero-order valence-electron chi connectivity index (χ0n) is 14.2. The number of nitrogens with two attached hydrogens (primary N) is 1. The fraction of sp³-hybridized carbons (Fsp3) is 0.368. The Labute approximate surface area is 146 Å². The molecule has 0 aliphatic carbocycles. The molecule has 2 heterocycles. The molecule has 1 aromatic carbocycles. The minimum atomic E-state index is -0.360. The molecule has 1 aromatic heterocycles. The monoisotopic (exact) mass is 342 g/mol. The summed E-state index contributed by atoms with van der Waals surface area (Å²) < 4.78 is 11.3. The van der Waals surface area contributed by atoms with Crippen molar-refractivity contribution in [2.45, 2.75) is 32.4 Å². The van der Waals surface area contributed by atoms with Gasteiger partial charge in [0.25, 0.3) is 5.91 Å². The van der Waals surface area contributed by atoms with Crippen molar-refractivity contribution in [1.29, 1.82) is 0 Å². The number of para-hydroxylation sites is 1. The third-order valence-corrected chi connectivity index (χ3v) is 4.54. The minimum absolute atomic E-state index is 0.0530. The highest BCUT2D eigenvalue weighted by Crippen LogP contribution is 2.24. The van der Waals surface area contributed by atoms with E-state index in [1.807, 2.05) is 37.3 Å². The van der Waals surface area contributed by atoms with Crippen LogP contribution in [-0.4, -0.2) is 29.3 Å². The van der Waals surface area contributed by atoms with Crippen LogP contribution in [0.5, 0.6) is 5.75 Å². The van der Waals surface area contributed by atoms with E-state index in [0.29, 0.717) is 18.7 Å². The van der Waals surface area contributed by atoms with Gasteiger partial charge in [-0.1, -0.05) is 18.2 Å². The number of hydrogen-bond donors (Lipinski definition) is 1. The highest BCUT2D eigenvalue weighted by molar-refractivity contribution is 5.92. The molecule has 0 saturated carbocycles. The van der Waals surface area contributed by atoms with Crippen molar-refractivity contribution in [3.63, 3.8) is 0 Å². The van der Waals surface area contributed by atoms with E-state index in [1.165, 1.54) is 0 Å². The number of hydrogen-bond acceptors (Lipinski definition) is 4. The van der Waals surface area contributed by atoms with Gasteiger partial charge in [-0.25, -0.2) is 0 Å². The molecule has 3 rings (SSSR count). The number of furan rings is 1. The molecule has 0 radical (unpaired) electrons. The summed E-state index contributed by atoms with van der Waals surface area (Å²) in [4.78, 5) is 25.8.